The molecule has 0 saturated heterocycles. The van der Waals surface area contributed by atoms with E-state index in [1.54, 1.807) is 14.2 Å². The van der Waals surface area contributed by atoms with E-state index in [0.29, 0.717) is 11.5 Å². The van der Waals surface area contributed by atoms with E-state index >= 15 is 0 Å². The lowest BCUT2D eigenvalue weighted by molar-refractivity contribution is -0.115. The summed E-state index contributed by atoms with van der Waals surface area (Å²) in [5.74, 6) is 1.96. The Balaban J connectivity index is 1.32. The third-order valence-electron chi connectivity index (χ3n) is 6.39. The van der Waals surface area contributed by atoms with Crippen LogP contribution < -0.4 is 14.8 Å². The minimum Gasteiger partial charge on any atom is -0.493 e. The summed E-state index contributed by atoms with van der Waals surface area (Å²) < 4.78 is 12.7. The Hall–Kier alpha value is -3.65. The van der Waals surface area contributed by atoms with E-state index < -0.39 is 0 Å². The van der Waals surface area contributed by atoms with Crippen molar-refractivity contribution in [3.8, 4) is 22.1 Å². The number of aryl methyl sites for hydroxylation is 2. The van der Waals surface area contributed by atoms with Crippen molar-refractivity contribution in [2.75, 3.05) is 19.5 Å². The first-order valence-corrected chi connectivity index (χ1v) is 12.5. The van der Waals surface area contributed by atoms with Crippen LogP contribution in [0.15, 0.2) is 54.0 Å². The summed E-state index contributed by atoms with van der Waals surface area (Å²) >= 11 is 1.50. The number of amides is 1. The van der Waals surface area contributed by atoms with Crippen LogP contribution >= 0.6 is 11.3 Å². The predicted octanol–water partition coefficient (Wildman–Crippen LogP) is 5.44. The van der Waals surface area contributed by atoms with Gasteiger partial charge in [-0.3, -0.25) is 4.79 Å². The molecule has 0 fully saturated rings. The number of ether oxygens (including phenoxy) is 2. The quantitative estimate of drug-likeness (QED) is 0.375. The summed E-state index contributed by atoms with van der Waals surface area (Å²) in [5, 5.41) is 10.5. The van der Waals surface area contributed by atoms with Gasteiger partial charge >= 0.3 is 0 Å². The van der Waals surface area contributed by atoms with E-state index in [-0.39, 0.29) is 18.4 Å². The topological polar surface area (TPSA) is 78.3 Å². The first kappa shape index (κ1) is 23.1. The highest BCUT2D eigenvalue weighted by molar-refractivity contribution is 7.13. The number of carbonyl (C=O) groups is 1. The minimum atomic E-state index is -0.108. The number of aromatic nitrogens is 3. The fourth-order valence-corrected chi connectivity index (χ4v) is 5.47. The SMILES string of the molecule is COc1ccc(-c2nc(CC(=O)Nc3c(C)cnn3C3CCCc4ccccc43)cs2)cc1OC. The van der Waals surface area contributed by atoms with Crippen LogP contribution in [0.2, 0.25) is 0 Å². The van der Waals surface area contributed by atoms with Crippen molar-refractivity contribution in [2.24, 2.45) is 0 Å². The normalized spacial score (nSPS) is 14.9. The monoisotopic (exact) mass is 488 g/mol. The van der Waals surface area contributed by atoms with Gasteiger partial charge in [-0.2, -0.15) is 5.10 Å². The zero-order chi connectivity index (χ0) is 24.4. The molecule has 0 aliphatic heterocycles. The average Bonchev–Trinajstić information content (AvgIpc) is 3.50. The van der Waals surface area contributed by atoms with Gasteiger partial charge in [-0.25, -0.2) is 9.67 Å². The van der Waals surface area contributed by atoms with Crippen molar-refractivity contribution in [3.63, 3.8) is 0 Å². The van der Waals surface area contributed by atoms with Crippen molar-refractivity contribution in [3.05, 3.63) is 76.4 Å². The van der Waals surface area contributed by atoms with Crippen LogP contribution in [0.3, 0.4) is 0 Å². The van der Waals surface area contributed by atoms with Crippen LogP contribution in [0.4, 0.5) is 5.82 Å². The fourth-order valence-electron chi connectivity index (χ4n) is 4.65. The van der Waals surface area contributed by atoms with E-state index in [2.05, 4.69) is 39.7 Å². The number of rotatable bonds is 7. The number of nitrogens with zero attached hydrogens (tertiary/aromatic N) is 3. The first-order valence-electron chi connectivity index (χ1n) is 11.7. The number of hydrogen-bond donors (Lipinski definition) is 1. The Bertz CT molecular complexity index is 1360. The molecule has 0 saturated carbocycles. The van der Waals surface area contributed by atoms with Gasteiger partial charge in [0.25, 0.3) is 0 Å². The van der Waals surface area contributed by atoms with E-state index in [0.717, 1.165) is 46.9 Å². The molecule has 4 aromatic rings. The molecule has 0 spiro atoms. The molecule has 1 aliphatic rings. The molecule has 8 heteroatoms. The molecule has 1 atom stereocenters. The van der Waals surface area contributed by atoms with Crippen LogP contribution in [0.5, 0.6) is 11.5 Å². The van der Waals surface area contributed by atoms with Gasteiger partial charge in [0.2, 0.25) is 5.91 Å². The highest BCUT2D eigenvalue weighted by Crippen LogP contribution is 2.36. The van der Waals surface area contributed by atoms with Gasteiger partial charge < -0.3 is 14.8 Å². The third-order valence-corrected chi connectivity index (χ3v) is 7.33. The standard InChI is InChI=1S/C27H28N4O3S/c1-17-15-28-31(22-10-6-8-18-7-4-5-9-21(18)22)26(17)30-25(32)14-20-16-35-27(29-20)19-11-12-23(33-2)24(13-19)34-3/h4-5,7,9,11-13,15-16,22H,6,8,10,14H2,1-3H3,(H,30,32). The second-order valence-electron chi connectivity index (χ2n) is 8.67. The Morgan fingerprint density at radius 2 is 2.00 bits per heavy atom. The Kier molecular flexibility index (Phi) is 6.55. The lowest BCUT2D eigenvalue weighted by Gasteiger charge is -2.27. The van der Waals surface area contributed by atoms with Crippen molar-refractivity contribution in [1.82, 2.24) is 14.8 Å². The number of methoxy groups -OCH3 is 2. The Morgan fingerprint density at radius 3 is 2.83 bits per heavy atom. The number of carbonyl (C=O) groups excluding carboxylic acids is 1. The van der Waals surface area contributed by atoms with Crippen LogP contribution in [-0.4, -0.2) is 34.9 Å². The lowest BCUT2D eigenvalue weighted by Crippen LogP contribution is -2.23. The summed E-state index contributed by atoms with van der Waals surface area (Å²) in [5.41, 5.74) is 5.25. The molecule has 2 aromatic carbocycles. The largest absolute Gasteiger partial charge is 0.493 e. The number of fused-ring (bicyclic) bond motifs is 1. The summed E-state index contributed by atoms with van der Waals surface area (Å²) in [4.78, 5) is 17.7. The van der Waals surface area contributed by atoms with Crippen molar-refractivity contribution in [1.29, 1.82) is 0 Å². The number of benzene rings is 2. The Labute approximate surface area is 208 Å². The molecule has 7 nitrogen and oxygen atoms in total. The molecule has 1 aliphatic carbocycles. The van der Waals surface area contributed by atoms with Crippen LogP contribution in [0, 0.1) is 6.92 Å². The molecule has 2 aromatic heterocycles. The van der Waals surface area contributed by atoms with Crippen molar-refractivity contribution in [2.45, 2.75) is 38.6 Å². The highest BCUT2D eigenvalue weighted by atomic mass is 32.1. The van der Waals surface area contributed by atoms with Crippen LogP contribution in [0.1, 0.15) is 41.3 Å². The minimum absolute atomic E-state index is 0.108. The van der Waals surface area contributed by atoms with Gasteiger partial charge in [0.15, 0.2) is 11.5 Å². The lowest BCUT2D eigenvalue weighted by atomic mass is 9.88. The van der Waals surface area contributed by atoms with Gasteiger partial charge in [0.05, 0.1) is 38.6 Å². The summed E-state index contributed by atoms with van der Waals surface area (Å²) in [6, 6.07) is 14.3. The molecule has 1 amide bonds. The van der Waals surface area contributed by atoms with E-state index in [9.17, 15) is 4.79 Å². The molecule has 0 bridgehead atoms. The molecule has 5 rings (SSSR count). The molecular formula is C27H28N4O3S. The van der Waals surface area contributed by atoms with Crippen LogP contribution in [0.25, 0.3) is 10.6 Å². The van der Waals surface area contributed by atoms with Crippen molar-refractivity contribution < 1.29 is 14.3 Å². The maximum Gasteiger partial charge on any atom is 0.231 e. The number of thiazole rings is 1. The maximum absolute atomic E-state index is 13.0. The molecule has 0 radical (unpaired) electrons. The van der Waals surface area contributed by atoms with Gasteiger partial charge in [0.1, 0.15) is 10.8 Å². The molecule has 1 unspecified atom stereocenters. The zero-order valence-electron chi connectivity index (χ0n) is 20.1. The number of nitrogens with one attached hydrogen (secondary N) is 1. The number of anilines is 1. The second kappa shape index (κ2) is 9.92. The van der Waals surface area contributed by atoms with Crippen molar-refractivity contribution >= 4 is 23.1 Å². The summed E-state index contributed by atoms with van der Waals surface area (Å²) in [6.07, 6.45) is 5.20. The zero-order valence-corrected chi connectivity index (χ0v) is 20.9. The molecule has 1 N–H and O–H groups in total. The van der Waals surface area contributed by atoms with Crippen LogP contribution in [-0.2, 0) is 17.6 Å². The van der Waals surface area contributed by atoms with Gasteiger partial charge in [0, 0.05) is 16.5 Å². The smallest absolute Gasteiger partial charge is 0.231 e. The third kappa shape index (κ3) is 4.66. The molecule has 2 heterocycles. The van der Waals surface area contributed by atoms with E-state index in [4.69, 9.17) is 9.47 Å². The second-order valence-corrected chi connectivity index (χ2v) is 9.52. The number of hydrogen-bond acceptors (Lipinski definition) is 6. The van der Waals surface area contributed by atoms with Gasteiger partial charge in [-0.1, -0.05) is 24.3 Å². The average molecular weight is 489 g/mol. The molecular weight excluding hydrogens is 460 g/mol. The predicted molar refractivity (Wildman–Crippen MR) is 137 cm³/mol. The maximum atomic E-state index is 13.0. The summed E-state index contributed by atoms with van der Waals surface area (Å²) in [6.45, 7) is 1.98. The molecule has 180 valence electrons. The molecule has 35 heavy (non-hydrogen) atoms. The summed E-state index contributed by atoms with van der Waals surface area (Å²) in [7, 11) is 3.22. The first-order chi connectivity index (χ1) is 17.1. The van der Waals surface area contributed by atoms with Gasteiger partial charge in [-0.05, 0) is 55.5 Å². The van der Waals surface area contributed by atoms with Gasteiger partial charge in [-0.15, -0.1) is 11.3 Å². The fraction of sp³-hybridized carbons (Fsp3) is 0.296. The van der Waals surface area contributed by atoms with E-state index in [1.165, 1.54) is 22.5 Å². The highest BCUT2D eigenvalue weighted by Gasteiger charge is 2.25. The Morgan fingerprint density at radius 1 is 1.17 bits per heavy atom. The van der Waals surface area contributed by atoms with E-state index in [1.807, 2.05) is 41.4 Å².